The summed E-state index contributed by atoms with van der Waals surface area (Å²) < 4.78 is 0. The van der Waals surface area contributed by atoms with E-state index < -0.39 is 0 Å². The number of likely N-dealkylation sites (tertiary alicyclic amines) is 1. The second-order valence-electron chi connectivity index (χ2n) is 4.60. The highest BCUT2D eigenvalue weighted by Gasteiger charge is 2.28. The summed E-state index contributed by atoms with van der Waals surface area (Å²) >= 11 is 0. The largest absolute Gasteiger partial charge is 0.393 e. The normalized spacial score (nSPS) is 25.2. The number of aliphatic hydroxyl groups excluding tert-OH is 1. The van der Waals surface area contributed by atoms with E-state index in [0.717, 1.165) is 25.9 Å². The van der Waals surface area contributed by atoms with Gasteiger partial charge in [0.1, 0.15) is 0 Å². The predicted molar refractivity (Wildman–Crippen MR) is 55.8 cm³/mol. The van der Waals surface area contributed by atoms with Crippen LogP contribution in [0.1, 0.15) is 33.6 Å². The molecule has 82 valence electrons. The lowest BCUT2D eigenvalue weighted by Crippen LogP contribution is -2.43. The first-order valence-corrected chi connectivity index (χ1v) is 5.46. The van der Waals surface area contributed by atoms with Crippen LogP contribution in [0.3, 0.4) is 0 Å². The zero-order valence-electron chi connectivity index (χ0n) is 9.36. The second-order valence-corrected chi connectivity index (χ2v) is 4.60. The van der Waals surface area contributed by atoms with Gasteiger partial charge in [-0.1, -0.05) is 13.8 Å². The molecule has 0 aromatic rings. The van der Waals surface area contributed by atoms with Gasteiger partial charge in [0.2, 0.25) is 5.91 Å². The molecule has 3 heteroatoms. The minimum absolute atomic E-state index is 0.130. The molecule has 0 aromatic carbocycles. The van der Waals surface area contributed by atoms with Crippen LogP contribution in [0.4, 0.5) is 0 Å². The number of aliphatic hydroxyl groups is 1. The van der Waals surface area contributed by atoms with Crippen LogP contribution in [-0.4, -0.2) is 35.1 Å². The first kappa shape index (κ1) is 11.5. The molecule has 1 N–H and O–H groups in total. The van der Waals surface area contributed by atoms with E-state index in [2.05, 4.69) is 0 Å². The van der Waals surface area contributed by atoms with Crippen molar-refractivity contribution in [1.29, 1.82) is 0 Å². The lowest BCUT2D eigenvalue weighted by atomic mass is 9.87. The summed E-state index contributed by atoms with van der Waals surface area (Å²) in [7, 11) is 0. The van der Waals surface area contributed by atoms with E-state index >= 15 is 0 Å². The summed E-state index contributed by atoms with van der Waals surface area (Å²) in [6.07, 6.45) is 1.80. The molecule has 14 heavy (non-hydrogen) atoms. The third-order valence-electron chi connectivity index (χ3n) is 3.07. The van der Waals surface area contributed by atoms with Gasteiger partial charge in [-0.2, -0.15) is 0 Å². The standard InChI is InChI=1S/C11H21NO2/c1-8(2)11(14)10-5-4-6-12(7-10)9(3)13/h8,10-11,14H,4-7H2,1-3H3. The van der Waals surface area contributed by atoms with Crippen LogP contribution >= 0.6 is 0 Å². The fourth-order valence-corrected chi connectivity index (χ4v) is 2.12. The SMILES string of the molecule is CC(=O)N1CCCC(C(O)C(C)C)C1. The molecular weight excluding hydrogens is 178 g/mol. The maximum absolute atomic E-state index is 11.2. The van der Waals surface area contributed by atoms with E-state index in [1.807, 2.05) is 18.7 Å². The highest BCUT2D eigenvalue weighted by Crippen LogP contribution is 2.23. The maximum atomic E-state index is 11.2. The van der Waals surface area contributed by atoms with Gasteiger partial charge in [0.15, 0.2) is 0 Å². The number of hydrogen-bond acceptors (Lipinski definition) is 2. The zero-order chi connectivity index (χ0) is 10.7. The lowest BCUT2D eigenvalue weighted by Gasteiger charge is -2.35. The Morgan fingerprint density at radius 2 is 2.14 bits per heavy atom. The first-order chi connectivity index (χ1) is 6.52. The van der Waals surface area contributed by atoms with Gasteiger partial charge in [0.05, 0.1) is 6.10 Å². The summed E-state index contributed by atoms with van der Waals surface area (Å²) in [5.41, 5.74) is 0. The van der Waals surface area contributed by atoms with Crippen LogP contribution in [0.15, 0.2) is 0 Å². The Morgan fingerprint density at radius 1 is 1.50 bits per heavy atom. The monoisotopic (exact) mass is 199 g/mol. The van der Waals surface area contributed by atoms with Crippen LogP contribution in [-0.2, 0) is 4.79 Å². The summed E-state index contributed by atoms with van der Waals surface area (Å²) in [6, 6.07) is 0. The molecule has 1 amide bonds. The molecule has 0 spiro atoms. The minimum atomic E-state index is -0.267. The van der Waals surface area contributed by atoms with Crippen molar-refractivity contribution in [2.75, 3.05) is 13.1 Å². The molecule has 1 rings (SSSR count). The quantitative estimate of drug-likeness (QED) is 0.727. The average Bonchev–Trinajstić information content (AvgIpc) is 2.16. The molecule has 0 aromatic heterocycles. The highest BCUT2D eigenvalue weighted by molar-refractivity contribution is 5.73. The van der Waals surface area contributed by atoms with Gasteiger partial charge in [-0.3, -0.25) is 4.79 Å². The Labute approximate surface area is 86.1 Å². The Morgan fingerprint density at radius 3 is 2.64 bits per heavy atom. The predicted octanol–water partition coefficient (Wildman–Crippen LogP) is 1.26. The molecule has 2 unspecified atom stereocenters. The molecule has 2 atom stereocenters. The van der Waals surface area contributed by atoms with Gasteiger partial charge >= 0.3 is 0 Å². The molecule has 1 saturated heterocycles. The first-order valence-electron chi connectivity index (χ1n) is 5.46. The fourth-order valence-electron chi connectivity index (χ4n) is 2.12. The van der Waals surface area contributed by atoms with Crippen molar-refractivity contribution in [2.45, 2.75) is 39.7 Å². The van der Waals surface area contributed by atoms with Crippen LogP contribution in [0, 0.1) is 11.8 Å². The van der Waals surface area contributed by atoms with Gasteiger partial charge in [-0.15, -0.1) is 0 Å². The van der Waals surface area contributed by atoms with Gasteiger partial charge in [-0.05, 0) is 18.8 Å². The maximum Gasteiger partial charge on any atom is 0.219 e. The van der Waals surface area contributed by atoms with Crippen molar-refractivity contribution in [3.05, 3.63) is 0 Å². The number of nitrogens with zero attached hydrogens (tertiary/aromatic N) is 1. The van der Waals surface area contributed by atoms with Gasteiger partial charge < -0.3 is 10.0 Å². The van der Waals surface area contributed by atoms with Crippen LogP contribution < -0.4 is 0 Å². The molecule has 3 nitrogen and oxygen atoms in total. The third-order valence-corrected chi connectivity index (χ3v) is 3.07. The Balaban J connectivity index is 2.51. The number of piperidine rings is 1. The summed E-state index contributed by atoms with van der Waals surface area (Å²) in [5, 5.41) is 9.91. The van der Waals surface area contributed by atoms with E-state index in [1.54, 1.807) is 6.92 Å². The van der Waals surface area contributed by atoms with Crippen LogP contribution in [0.2, 0.25) is 0 Å². The molecule has 0 aliphatic carbocycles. The van der Waals surface area contributed by atoms with E-state index in [9.17, 15) is 9.90 Å². The number of carbonyl (C=O) groups is 1. The molecule has 1 aliphatic rings. The van der Waals surface area contributed by atoms with E-state index in [4.69, 9.17) is 0 Å². The molecule has 0 bridgehead atoms. The van der Waals surface area contributed by atoms with E-state index in [1.165, 1.54) is 0 Å². The van der Waals surface area contributed by atoms with Crippen molar-refractivity contribution in [3.63, 3.8) is 0 Å². The molecule has 1 fully saturated rings. The number of rotatable bonds is 2. The third kappa shape index (κ3) is 2.71. The Hall–Kier alpha value is -0.570. The van der Waals surface area contributed by atoms with Crippen LogP contribution in [0.5, 0.6) is 0 Å². The van der Waals surface area contributed by atoms with Crippen molar-refractivity contribution in [2.24, 2.45) is 11.8 Å². The smallest absolute Gasteiger partial charge is 0.219 e. The molecule has 0 radical (unpaired) electrons. The molecule has 1 heterocycles. The van der Waals surface area contributed by atoms with E-state index in [0.29, 0.717) is 0 Å². The number of carbonyl (C=O) groups excluding carboxylic acids is 1. The van der Waals surface area contributed by atoms with Crippen molar-refractivity contribution in [1.82, 2.24) is 4.90 Å². The Kier molecular flexibility index (Phi) is 3.93. The molecular formula is C11H21NO2. The zero-order valence-corrected chi connectivity index (χ0v) is 9.36. The topological polar surface area (TPSA) is 40.5 Å². The van der Waals surface area contributed by atoms with Crippen LogP contribution in [0.25, 0.3) is 0 Å². The average molecular weight is 199 g/mol. The lowest BCUT2D eigenvalue weighted by molar-refractivity contribution is -0.131. The van der Waals surface area contributed by atoms with Crippen molar-refractivity contribution in [3.8, 4) is 0 Å². The summed E-state index contributed by atoms with van der Waals surface area (Å²) in [6.45, 7) is 7.24. The molecule has 1 aliphatic heterocycles. The number of hydrogen-bond donors (Lipinski definition) is 1. The number of amides is 1. The Bertz CT molecular complexity index is 203. The van der Waals surface area contributed by atoms with Crippen molar-refractivity contribution < 1.29 is 9.90 Å². The van der Waals surface area contributed by atoms with E-state index in [-0.39, 0.29) is 23.8 Å². The second kappa shape index (κ2) is 4.78. The summed E-state index contributed by atoms with van der Waals surface area (Å²) in [4.78, 5) is 13.0. The van der Waals surface area contributed by atoms with Gasteiger partial charge in [0, 0.05) is 25.9 Å². The van der Waals surface area contributed by atoms with Gasteiger partial charge in [-0.25, -0.2) is 0 Å². The highest BCUT2D eigenvalue weighted by atomic mass is 16.3. The van der Waals surface area contributed by atoms with Gasteiger partial charge in [0.25, 0.3) is 0 Å². The minimum Gasteiger partial charge on any atom is -0.393 e. The van der Waals surface area contributed by atoms with Crippen molar-refractivity contribution >= 4 is 5.91 Å². The summed E-state index contributed by atoms with van der Waals surface area (Å²) in [5.74, 6) is 0.685. The molecule has 0 saturated carbocycles. The fraction of sp³-hybridized carbons (Fsp3) is 0.909.